The predicted molar refractivity (Wildman–Crippen MR) is 80.4 cm³/mol. The lowest BCUT2D eigenvalue weighted by molar-refractivity contribution is -0.107. The van der Waals surface area contributed by atoms with Crippen LogP contribution in [0.3, 0.4) is 0 Å². The highest BCUT2D eigenvalue weighted by molar-refractivity contribution is 5.72. The molecular weight excluding hydrogens is 282 g/mol. The topological polar surface area (TPSA) is 77.0 Å². The fourth-order valence-electron chi connectivity index (χ4n) is 2.97. The van der Waals surface area contributed by atoms with Crippen LogP contribution < -0.4 is 4.90 Å². The second kappa shape index (κ2) is 7.20. The van der Waals surface area contributed by atoms with Crippen molar-refractivity contribution in [1.29, 1.82) is 0 Å². The van der Waals surface area contributed by atoms with Gasteiger partial charge in [0.15, 0.2) is 5.82 Å². The molecule has 118 valence electrons. The maximum atomic E-state index is 11.3. The quantitative estimate of drug-likeness (QED) is 0.734. The Labute approximate surface area is 129 Å². The lowest BCUT2D eigenvalue weighted by Gasteiger charge is -2.18. The number of aryl methyl sites for hydroxylation is 1. The van der Waals surface area contributed by atoms with E-state index in [0.29, 0.717) is 18.3 Å². The zero-order valence-electron chi connectivity index (χ0n) is 12.6. The maximum absolute atomic E-state index is 11.3. The third-order valence-corrected chi connectivity index (χ3v) is 4.20. The molecule has 0 saturated heterocycles. The number of rotatable bonds is 7. The molecule has 0 unspecified atom stereocenters. The highest BCUT2D eigenvalue weighted by atomic mass is 16.5. The van der Waals surface area contributed by atoms with Crippen LogP contribution in [0.2, 0.25) is 0 Å². The van der Waals surface area contributed by atoms with E-state index in [2.05, 4.69) is 15.2 Å². The van der Waals surface area contributed by atoms with Crippen LogP contribution in [0.5, 0.6) is 0 Å². The highest BCUT2D eigenvalue weighted by Gasteiger charge is 2.21. The van der Waals surface area contributed by atoms with E-state index in [-0.39, 0.29) is 0 Å². The zero-order chi connectivity index (χ0) is 15.2. The van der Waals surface area contributed by atoms with Gasteiger partial charge in [-0.15, -0.1) is 0 Å². The molecule has 0 N–H and O–H groups in total. The highest BCUT2D eigenvalue weighted by Crippen LogP contribution is 2.33. The van der Waals surface area contributed by atoms with Gasteiger partial charge in [-0.2, -0.15) is 5.10 Å². The minimum atomic E-state index is 0.457. The molecule has 7 nitrogen and oxygen atoms in total. The SMILES string of the molecule is O=CN(CCCn1cncn1)c1cc(C2CCCCC2)on1. The molecule has 0 aromatic carbocycles. The van der Waals surface area contributed by atoms with E-state index >= 15 is 0 Å². The predicted octanol–water partition coefficient (Wildman–Crippen LogP) is 2.37. The van der Waals surface area contributed by atoms with Crippen LogP contribution in [0.4, 0.5) is 5.82 Å². The first-order valence-corrected chi connectivity index (χ1v) is 7.88. The average molecular weight is 303 g/mol. The number of carbonyl (C=O) groups excluding carboxylic acids is 1. The van der Waals surface area contributed by atoms with Crippen molar-refractivity contribution in [2.75, 3.05) is 11.4 Å². The summed E-state index contributed by atoms with van der Waals surface area (Å²) >= 11 is 0. The number of amides is 1. The van der Waals surface area contributed by atoms with Crippen LogP contribution in [0.25, 0.3) is 0 Å². The molecule has 0 bridgehead atoms. The summed E-state index contributed by atoms with van der Waals surface area (Å²) in [6.07, 6.45) is 10.9. The van der Waals surface area contributed by atoms with Crippen molar-refractivity contribution in [2.45, 2.75) is 51.0 Å². The molecule has 0 aliphatic heterocycles. The monoisotopic (exact) mass is 303 g/mol. The van der Waals surface area contributed by atoms with Crippen molar-refractivity contribution in [1.82, 2.24) is 19.9 Å². The Balaban J connectivity index is 1.56. The van der Waals surface area contributed by atoms with E-state index < -0.39 is 0 Å². The van der Waals surface area contributed by atoms with Crippen LogP contribution in [-0.2, 0) is 11.3 Å². The molecule has 1 aliphatic rings. The maximum Gasteiger partial charge on any atom is 0.215 e. The summed E-state index contributed by atoms with van der Waals surface area (Å²) in [5, 5.41) is 8.10. The third kappa shape index (κ3) is 3.52. The molecule has 1 amide bonds. The molecule has 0 spiro atoms. The number of hydrogen-bond donors (Lipinski definition) is 0. The Morgan fingerprint density at radius 2 is 2.23 bits per heavy atom. The fraction of sp³-hybridized carbons (Fsp3) is 0.600. The van der Waals surface area contributed by atoms with Gasteiger partial charge in [-0.1, -0.05) is 24.4 Å². The Kier molecular flexibility index (Phi) is 4.82. The lowest BCUT2D eigenvalue weighted by atomic mass is 9.87. The van der Waals surface area contributed by atoms with Gasteiger partial charge >= 0.3 is 0 Å². The summed E-state index contributed by atoms with van der Waals surface area (Å²) < 4.78 is 7.21. The average Bonchev–Trinajstić information content (AvgIpc) is 3.24. The summed E-state index contributed by atoms with van der Waals surface area (Å²) in [5.41, 5.74) is 0. The van der Waals surface area contributed by atoms with Gasteiger partial charge in [-0.25, -0.2) is 4.98 Å². The standard InChI is InChI=1S/C15H21N5O2/c21-12-19(7-4-8-20-11-16-10-17-20)15-9-14(22-18-15)13-5-2-1-3-6-13/h9-13H,1-8H2. The summed E-state index contributed by atoms with van der Waals surface area (Å²) in [5.74, 6) is 1.98. The van der Waals surface area contributed by atoms with Crippen molar-refractivity contribution >= 4 is 12.2 Å². The van der Waals surface area contributed by atoms with Crippen molar-refractivity contribution < 1.29 is 9.32 Å². The Bertz CT molecular complexity index is 575. The van der Waals surface area contributed by atoms with Crippen molar-refractivity contribution in [3.63, 3.8) is 0 Å². The minimum absolute atomic E-state index is 0.457. The first-order valence-electron chi connectivity index (χ1n) is 7.88. The summed E-state index contributed by atoms with van der Waals surface area (Å²) in [6, 6.07) is 1.92. The Hall–Kier alpha value is -2.18. The first kappa shape index (κ1) is 14.7. The van der Waals surface area contributed by atoms with E-state index in [4.69, 9.17) is 4.52 Å². The normalized spacial score (nSPS) is 15.8. The van der Waals surface area contributed by atoms with Crippen LogP contribution in [0.15, 0.2) is 23.2 Å². The molecule has 1 fully saturated rings. The van der Waals surface area contributed by atoms with Crippen molar-refractivity contribution in [3.8, 4) is 0 Å². The Morgan fingerprint density at radius 1 is 1.36 bits per heavy atom. The van der Waals surface area contributed by atoms with Gasteiger partial charge in [0.05, 0.1) is 0 Å². The van der Waals surface area contributed by atoms with Gasteiger partial charge in [0.2, 0.25) is 6.41 Å². The molecule has 1 saturated carbocycles. The zero-order valence-corrected chi connectivity index (χ0v) is 12.6. The van der Waals surface area contributed by atoms with Crippen LogP contribution in [-0.4, -0.2) is 32.9 Å². The first-order chi connectivity index (χ1) is 10.9. The van der Waals surface area contributed by atoms with E-state index in [1.54, 1.807) is 15.9 Å². The molecule has 2 heterocycles. The van der Waals surface area contributed by atoms with Gasteiger partial charge < -0.3 is 4.52 Å². The van der Waals surface area contributed by atoms with Crippen molar-refractivity contribution in [3.05, 3.63) is 24.5 Å². The Morgan fingerprint density at radius 3 is 2.95 bits per heavy atom. The van der Waals surface area contributed by atoms with E-state index in [1.807, 2.05) is 6.07 Å². The molecule has 1 aliphatic carbocycles. The number of anilines is 1. The molecule has 7 heteroatoms. The molecule has 3 rings (SSSR count). The summed E-state index contributed by atoms with van der Waals surface area (Å²) in [4.78, 5) is 16.8. The van der Waals surface area contributed by atoms with Crippen LogP contribution in [0.1, 0.15) is 50.2 Å². The van der Waals surface area contributed by atoms with Gasteiger partial charge in [-0.05, 0) is 19.3 Å². The van der Waals surface area contributed by atoms with E-state index in [9.17, 15) is 4.79 Å². The van der Waals surface area contributed by atoms with Gasteiger partial charge in [0.1, 0.15) is 18.4 Å². The molecule has 2 aromatic rings. The molecule has 2 aromatic heterocycles. The number of hydrogen-bond acceptors (Lipinski definition) is 5. The summed E-state index contributed by atoms with van der Waals surface area (Å²) in [6.45, 7) is 1.30. The number of aromatic nitrogens is 4. The van der Waals surface area contributed by atoms with E-state index in [1.165, 1.54) is 25.6 Å². The molecule has 0 radical (unpaired) electrons. The molecular formula is C15H21N5O2. The smallest absolute Gasteiger partial charge is 0.215 e. The third-order valence-electron chi connectivity index (χ3n) is 4.20. The number of carbonyl (C=O) groups is 1. The largest absolute Gasteiger partial charge is 0.359 e. The number of nitrogens with zero attached hydrogens (tertiary/aromatic N) is 5. The van der Waals surface area contributed by atoms with Gasteiger partial charge in [0.25, 0.3) is 0 Å². The second-order valence-corrected chi connectivity index (χ2v) is 5.73. The lowest BCUT2D eigenvalue weighted by Crippen LogP contribution is -2.23. The van der Waals surface area contributed by atoms with Gasteiger partial charge in [-0.3, -0.25) is 14.4 Å². The minimum Gasteiger partial charge on any atom is -0.359 e. The van der Waals surface area contributed by atoms with Gasteiger partial charge in [0, 0.05) is 25.1 Å². The van der Waals surface area contributed by atoms with Crippen molar-refractivity contribution in [2.24, 2.45) is 0 Å². The van der Waals surface area contributed by atoms with E-state index in [0.717, 1.165) is 38.0 Å². The molecule has 0 atom stereocenters. The second-order valence-electron chi connectivity index (χ2n) is 5.73. The van der Waals surface area contributed by atoms with Crippen LogP contribution in [0, 0.1) is 0 Å². The fourth-order valence-corrected chi connectivity index (χ4v) is 2.97. The van der Waals surface area contributed by atoms with Crippen LogP contribution >= 0.6 is 0 Å². The summed E-state index contributed by atoms with van der Waals surface area (Å²) in [7, 11) is 0. The molecule has 22 heavy (non-hydrogen) atoms.